The first-order valence-electron chi connectivity index (χ1n) is 11.8. The zero-order chi connectivity index (χ0) is 25.2. The van der Waals surface area contributed by atoms with E-state index < -0.39 is 6.04 Å². The van der Waals surface area contributed by atoms with Crippen LogP contribution < -0.4 is 10.1 Å². The Morgan fingerprint density at radius 3 is 2.56 bits per heavy atom. The Morgan fingerprint density at radius 2 is 1.86 bits per heavy atom. The number of hydrogen-bond acceptors (Lipinski definition) is 5. The van der Waals surface area contributed by atoms with Crippen molar-refractivity contribution in [3.8, 4) is 17.0 Å². The summed E-state index contributed by atoms with van der Waals surface area (Å²) in [5, 5.41) is 8.45. The second-order valence-corrected chi connectivity index (χ2v) is 8.92. The number of hydrogen-bond donors (Lipinski definition) is 1. The molecule has 8 heteroatoms. The van der Waals surface area contributed by atoms with Gasteiger partial charge in [0.25, 0.3) is 5.91 Å². The van der Waals surface area contributed by atoms with Gasteiger partial charge in [-0.1, -0.05) is 42.5 Å². The second kappa shape index (κ2) is 9.65. The number of fused-ring (bicyclic) bond motifs is 1. The number of pyridine rings is 1. The van der Waals surface area contributed by atoms with Crippen molar-refractivity contribution in [2.45, 2.75) is 25.9 Å². The fourth-order valence-electron chi connectivity index (χ4n) is 4.32. The van der Waals surface area contributed by atoms with Crippen molar-refractivity contribution < 1.29 is 9.53 Å². The lowest BCUT2D eigenvalue weighted by atomic mass is 10.0. The van der Waals surface area contributed by atoms with E-state index in [-0.39, 0.29) is 11.9 Å². The summed E-state index contributed by atoms with van der Waals surface area (Å²) >= 11 is 0. The highest BCUT2D eigenvalue weighted by Crippen LogP contribution is 2.29. The molecule has 0 fully saturated rings. The largest absolute Gasteiger partial charge is 0.497 e. The maximum absolute atomic E-state index is 13.9. The van der Waals surface area contributed by atoms with E-state index in [0.717, 1.165) is 11.1 Å². The monoisotopic (exact) mass is 480 g/mol. The zero-order valence-corrected chi connectivity index (χ0v) is 20.7. The van der Waals surface area contributed by atoms with Crippen LogP contribution in [0.5, 0.6) is 5.75 Å². The van der Waals surface area contributed by atoms with Crippen molar-refractivity contribution in [3.05, 3.63) is 96.2 Å². The van der Waals surface area contributed by atoms with Gasteiger partial charge < -0.3 is 14.6 Å². The minimum atomic E-state index is -0.490. The lowest BCUT2D eigenvalue weighted by molar-refractivity contribution is 0.0942. The van der Waals surface area contributed by atoms with Crippen LogP contribution in [0.1, 0.15) is 47.7 Å². The van der Waals surface area contributed by atoms with Crippen molar-refractivity contribution in [2.24, 2.45) is 7.05 Å². The minimum absolute atomic E-state index is 0.0917. The van der Waals surface area contributed by atoms with Gasteiger partial charge in [0.15, 0.2) is 5.65 Å². The summed E-state index contributed by atoms with van der Waals surface area (Å²) in [4.78, 5) is 23.3. The number of imidazole rings is 1. The third-order valence-electron chi connectivity index (χ3n) is 6.19. The van der Waals surface area contributed by atoms with Crippen molar-refractivity contribution >= 4 is 16.9 Å². The van der Waals surface area contributed by atoms with Crippen LogP contribution in [-0.2, 0) is 7.05 Å². The summed E-state index contributed by atoms with van der Waals surface area (Å²) in [6, 6.07) is 18.9. The Bertz CT molecular complexity index is 1520. The maximum Gasteiger partial charge on any atom is 0.253 e. The van der Waals surface area contributed by atoms with Gasteiger partial charge in [-0.05, 0) is 37.6 Å². The van der Waals surface area contributed by atoms with E-state index in [9.17, 15) is 4.79 Å². The molecule has 0 bridgehead atoms. The summed E-state index contributed by atoms with van der Waals surface area (Å²) in [6.45, 7) is 4.09. The number of nitrogens with zero attached hydrogens (tertiary/aromatic N) is 5. The van der Waals surface area contributed by atoms with E-state index in [1.165, 1.54) is 0 Å². The molecule has 1 unspecified atom stereocenters. The average Bonchev–Trinajstić information content (AvgIpc) is 3.53. The van der Waals surface area contributed by atoms with Crippen molar-refractivity contribution in [2.75, 3.05) is 7.11 Å². The molecule has 1 N–H and O–H groups in total. The number of benzene rings is 2. The first-order chi connectivity index (χ1) is 17.5. The van der Waals surface area contributed by atoms with Crippen LogP contribution in [0.3, 0.4) is 0 Å². The van der Waals surface area contributed by atoms with Crippen LogP contribution >= 0.6 is 0 Å². The number of methoxy groups -OCH3 is 1. The predicted molar refractivity (Wildman–Crippen MR) is 139 cm³/mol. The van der Waals surface area contributed by atoms with Crippen molar-refractivity contribution in [1.29, 1.82) is 0 Å². The van der Waals surface area contributed by atoms with Gasteiger partial charge in [0, 0.05) is 31.0 Å². The number of nitrogens with one attached hydrogen (secondary N) is 1. The molecule has 0 saturated carbocycles. The van der Waals surface area contributed by atoms with Crippen LogP contribution in [0, 0.1) is 0 Å². The topological polar surface area (TPSA) is 86.9 Å². The fourth-order valence-corrected chi connectivity index (χ4v) is 4.32. The first-order valence-corrected chi connectivity index (χ1v) is 11.8. The fraction of sp³-hybridized carbons (Fsp3) is 0.214. The van der Waals surface area contributed by atoms with Crippen LogP contribution in [0.25, 0.3) is 22.3 Å². The molecule has 0 aliphatic carbocycles. The molecule has 0 saturated heterocycles. The van der Waals surface area contributed by atoms with E-state index in [2.05, 4.69) is 15.4 Å². The van der Waals surface area contributed by atoms with E-state index in [1.807, 2.05) is 97.0 Å². The molecule has 2 aromatic carbocycles. The third-order valence-corrected chi connectivity index (χ3v) is 6.19. The van der Waals surface area contributed by atoms with Gasteiger partial charge in [0.05, 0.1) is 30.0 Å². The predicted octanol–water partition coefficient (Wildman–Crippen LogP) is 4.94. The maximum atomic E-state index is 13.9. The van der Waals surface area contributed by atoms with Gasteiger partial charge in [0.2, 0.25) is 0 Å². The normalized spacial score (nSPS) is 12.1. The first kappa shape index (κ1) is 23.3. The highest BCUT2D eigenvalue weighted by molar-refractivity contribution is 6.06. The van der Waals surface area contributed by atoms with E-state index >= 15 is 0 Å². The molecule has 5 rings (SSSR count). The van der Waals surface area contributed by atoms with Gasteiger partial charge in [-0.2, -0.15) is 5.10 Å². The molecule has 3 aromatic heterocycles. The Kier molecular flexibility index (Phi) is 6.25. The molecule has 8 nitrogen and oxygen atoms in total. The SMILES string of the molecule is COc1cccc(C(NC(=O)c2cc(-c3ccccc3)nc3c2cnn3C(C)C)c2nccn2C)c1. The van der Waals surface area contributed by atoms with E-state index in [0.29, 0.717) is 33.9 Å². The summed E-state index contributed by atoms with van der Waals surface area (Å²) in [5.74, 6) is 1.18. The van der Waals surface area contributed by atoms with Gasteiger partial charge in [-0.25, -0.2) is 14.6 Å². The van der Waals surface area contributed by atoms with Crippen molar-refractivity contribution in [1.82, 2.24) is 29.6 Å². The van der Waals surface area contributed by atoms with Crippen LogP contribution in [0.2, 0.25) is 0 Å². The van der Waals surface area contributed by atoms with Gasteiger partial charge >= 0.3 is 0 Å². The summed E-state index contributed by atoms with van der Waals surface area (Å²) < 4.78 is 9.18. The standard InChI is InChI=1S/C28H28N6O2/c1-18(2)34-26-23(17-30-34)22(16-24(31-26)19-9-6-5-7-10-19)28(35)32-25(27-29-13-14-33(27)3)20-11-8-12-21(15-20)36-4/h5-18,25H,1-4H3,(H,32,35). The number of carbonyl (C=O) groups is 1. The van der Waals surface area contributed by atoms with Gasteiger partial charge in [-0.3, -0.25) is 4.79 Å². The Balaban J connectivity index is 1.63. The number of aryl methyl sites for hydroxylation is 1. The molecule has 0 aliphatic heterocycles. The number of amides is 1. The lowest BCUT2D eigenvalue weighted by Crippen LogP contribution is -2.31. The number of rotatable bonds is 7. The van der Waals surface area contributed by atoms with Gasteiger partial charge in [-0.15, -0.1) is 0 Å². The molecule has 1 amide bonds. The second-order valence-electron chi connectivity index (χ2n) is 8.92. The summed E-state index contributed by atoms with van der Waals surface area (Å²) in [5.41, 5.74) is 3.69. The van der Waals surface area contributed by atoms with Crippen LogP contribution in [0.4, 0.5) is 0 Å². The molecule has 5 aromatic rings. The minimum Gasteiger partial charge on any atom is -0.497 e. The van der Waals surface area contributed by atoms with Crippen LogP contribution in [-0.4, -0.2) is 37.3 Å². The third kappa shape index (κ3) is 4.33. The molecule has 0 radical (unpaired) electrons. The number of aromatic nitrogens is 5. The smallest absolute Gasteiger partial charge is 0.253 e. The highest BCUT2D eigenvalue weighted by Gasteiger charge is 2.25. The Hall–Kier alpha value is -4.46. The molecular formula is C28H28N6O2. The van der Waals surface area contributed by atoms with Crippen LogP contribution in [0.15, 0.2) is 79.3 Å². The molecular weight excluding hydrogens is 452 g/mol. The molecule has 182 valence electrons. The molecule has 0 spiro atoms. The number of carbonyl (C=O) groups excluding carboxylic acids is 1. The van der Waals surface area contributed by atoms with Crippen molar-refractivity contribution in [3.63, 3.8) is 0 Å². The van der Waals surface area contributed by atoms with E-state index in [4.69, 9.17) is 9.72 Å². The Morgan fingerprint density at radius 1 is 1.06 bits per heavy atom. The quantitative estimate of drug-likeness (QED) is 0.357. The summed E-state index contributed by atoms with van der Waals surface area (Å²) in [7, 11) is 3.53. The highest BCUT2D eigenvalue weighted by atomic mass is 16.5. The molecule has 0 aliphatic rings. The zero-order valence-electron chi connectivity index (χ0n) is 20.7. The average molecular weight is 481 g/mol. The number of ether oxygens (including phenoxy) is 1. The molecule has 1 atom stereocenters. The summed E-state index contributed by atoms with van der Waals surface area (Å²) in [6.07, 6.45) is 5.30. The molecule has 36 heavy (non-hydrogen) atoms. The van der Waals surface area contributed by atoms with Gasteiger partial charge in [0.1, 0.15) is 17.6 Å². The lowest BCUT2D eigenvalue weighted by Gasteiger charge is -2.20. The molecule has 3 heterocycles. The Labute approximate surface area is 209 Å². The van der Waals surface area contributed by atoms with E-state index in [1.54, 1.807) is 19.5 Å².